The van der Waals surface area contributed by atoms with Gasteiger partial charge in [-0.1, -0.05) is 19.8 Å². The molecule has 18 heavy (non-hydrogen) atoms. The molecule has 0 bridgehead atoms. The first-order valence-electron chi connectivity index (χ1n) is 6.77. The summed E-state index contributed by atoms with van der Waals surface area (Å²) in [7, 11) is 0. The summed E-state index contributed by atoms with van der Waals surface area (Å²) in [5, 5.41) is 0. The van der Waals surface area contributed by atoms with Crippen LogP contribution in [-0.2, 0) is 0 Å². The second-order valence-corrected chi connectivity index (χ2v) is 5.52. The summed E-state index contributed by atoms with van der Waals surface area (Å²) >= 11 is 0. The van der Waals surface area contributed by atoms with Gasteiger partial charge in [0.05, 0.1) is 0 Å². The van der Waals surface area contributed by atoms with Gasteiger partial charge in [-0.25, -0.2) is 9.97 Å². The molecule has 3 rings (SSSR count). The van der Waals surface area contributed by atoms with E-state index in [9.17, 15) is 0 Å². The van der Waals surface area contributed by atoms with Gasteiger partial charge in [-0.3, -0.25) is 4.57 Å². The lowest BCUT2D eigenvalue weighted by Gasteiger charge is -2.30. The van der Waals surface area contributed by atoms with Gasteiger partial charge in [-0.15, -0.1) is 0 Å². The van der Waals surface area contributed by atoms with Crippen molar-refractivity contribution in [3.05, 3.63) is 17.8 Å². The molecule has 0 radical (unpaired) electrons. The summed E-state index contributed by atoms with van der Waals surface area (Å²) in [5.41, 5.74) is 9.10. The van der Waals surface area contributed by atoms with Crippen molar-refractivity contribution in [2.45, 2.75) is 45.6 Å². The quantitative estimate of drug-likeness (QED) is 0.838. The van der Waals surface area contributed by atoms with E-state index in [0.29, 0.717) is 17.9 Å². The summed E-state index contributed by atoms with van der Waals surface area (Å²) in [6.45, 7) is 4.34. The van der Waals surface area contributed by atoms with Crippen LogP contribution in [0.25, 0.3) is 11.2 Å². The van der Waals surface area contributed by atoms with Crippen LogP contribution in [-0.4, -0.2) is 14.5 Å². The second kappa shape index (κ2) is 4.26. The summed E-state index contributed by atoms with van der Waals surface area (Å²) in [5.74, 6) is 1.27. The molecule has 0 amide bonds. The van der Waals surface area contributed by atoms with E-state index in [0.717, 1.165) is 16.7 Å². The highest BCUT2D eigenvalue weighted by Gasteiger charge is 2.26. The summed E-state index contributed by atoms with van der Waals surface area (Å²) in [6.07, 6.45) is 6.96. The number of aromatic nitrogens is 3. The van der Waals surface area contributed by atoms with Crippen molar-refractivity contribution in [3.8, 4) is 0 Å². The van der Waals surface area contributed by atoms with Crippen LogP contribution in [0.4, 0.5) is 5.95 Å². The topological polar surface area (TPSA) is 56.7 Å². The van der Waals surface area contributed by atoms with Crippen molar-refractivity contribution in [2.24, 2.45) is 5.92 Å². The molecule has 2 unspecified atom stereocenters. The highest BCUT2D eigenvalue weighted by molar-refractivity contribution is 5.74. The van der Waals surface area contributed by atoms with E-state index in [1.165, 1.54) is 25.7 Å². The van der Waals surface area contributed by atoms with E-state index in [1.807, 2.05) is 13.1 Å². The zero-order valence-corrected chi connectivity index (χ0v) is 11.1. The predicted octanol–water partition coefficient (Wildman–Crippen LogP) is 3.07. The Morgan fingerprint density at radius 3 is 2.89 bits per heavy atom. The third-order valence-corrected chi connectivity index (χ3v) is 4.09. The molecule has 2 N–H and O–H groups in total. The number of aryl methyl sites for hydroxylation is 1. The molecular weight excluding hydrogens is 224 g/mol. The lowest BCUT2D eigenvalue weighted by atomic mass is 9.86. The maximum absolute atomic E-state index is 6.11. The SMILES string of the molecule is Cc1cnc2c(c1)nc(N)n2C1CCCCC1C. The molecule has 0 spiro atoms. The number of pyridine rings is 1. The fourth-order valence-corrected chi connectivity index (χ4v) is 3.11. The molecule has 1 aliphatic carbocycles. The number of fused-ring (bicyclic) bond motifs is 1. The van der Waals surface area contributed by atoms with E-state index in [2.05, 4.69) is 27.5 Å². The monoisotopic (exact) mass is 244 g/mol. The smallest absolute Gasteiger partial charge is 0.202 e. The van der Waals surface area contributed by atoms with E-state index >= 15 is 0 Å². The standard InChI is InChI=1S/C14H20N4/c1-9-7-11-13(16-8-9)18(14(15)17-11)12-6-4-3-5-10(12)2/h7-8,10,12H,3-6H2,1-2H3,(H2,15,17). The summed E-state index contributed by atoms with van der Waals surface area (Å²) in [6, 6.07) is 2.52. The number of rotatable bonds is 1. The molecule has 0 aromatic carbocycles. The average Bonchev–Trinajstić information content (AvgIpc) is 2.65. The normalized spacial score (nSPS) is 24.6. The Hall–Kier alpha value is -1.58. The first kappa shape index (κ1) is 11.5. The van der Waals surface area contributed by atoms with Gasteiger partial charge in [0.1, 0.15) is 5.52 Å². The van der Waals surface area contributed by atoms with E-state index < -0.39 is 0 Å². The van der Waals surface area contributed by atoms with Crippen molar-refractivity contribution in [2.75, 3.05) is 5.73 Å². The lowest BCUT2D eigenvalue weighted by Crippen LogP contribution is -2.22. The fraction of sp³-hybridized carbons (Fsp3) is 0.571. The van der Waals surface area contributed by atoms with Crippen LogP contribution in [0, 0.1) is 12.8 Å². The Kier molecular flexibility index (Phi) is 2.73. The van der Waals surface area contributed by atoms with Gasteiger partial charge in [-0.05, 0) is 37.3 Å². The number of nitrogens with two attached hydrogens (primary N) is 1. The van der Waals surface area contributed by atoms with E-state index in [-0.39, 0.29) is 0 Å². The number of hydrogen-bond acceptors (Lipinski definition) is 3. The van der Waals surface area contributed by atoms with E-state index in [4.69, 9.17) is 5.73 Å². The minimum atomic E-state index is 0.457. The van der Waals surface area contributed by atoms with Gasteiger partial charge in [0.15, 0.2) is 5.65 Å². The maximum atomic E-state index is 6.11. The van der Waals surface area contributed by atoms with Crippen LogP contribution in [0.2, 0.25) is 0 Å². The van der Waals surface area contributed by atoms with Crippen LogP contribution < -0.4 is 5.73 Å². The Morgan fingerprint density at radius 2 is 2.11 bits per heavy atom. The predicted molar refractivity (Wildman–Crippen MR) is 73.3 cm³/mol. The zero-order valence-electron chi connectivity index (χ0n) is 11.1. The van der Waals surface area contributed by atoms with Crippen LogP contribution in [0.1, 0.15) is 44.2 Å². The Balaban J connectivity index is 2.12. The van der Waals surface area contributed by atoms with Gasteiger partial charge in [-0.2, -0.15) is 0 Å². The first-order chi connectivity index (χ1) is 8.66. The van der Waals surface area contributed by atoms with Gasteiger partial charge in [0, 0.05) is 12.2 Å². The molecule has 1 saturated carbocycles. The van der Waals surface area contributed by atoms with Crippen molar-refractivity contribution in [3.63, 3.8) is 0 Å². The van der Waals surface area contributed by atoms with Crippen molar-refractivity contribution >= 4 is 17.1 Å². The van der Waals surface area contributed by atoms with Crippen LogP contribution in [0.15, 0.2) is 12.3 Å². The average molecular weight is 244 g/mol. The number of imidazole rings is 1. The number of anilines is 1. The second-order valence-electron chi connectivity index (χ2n) is 5.52. The van der Waals surface area contributed by atoms with E-state index in [1.54, 1.807) is 0 Å². The van der Waals surface area contributed by atoms with Gasteiger partial charge in [0.25, 0.3) is 0 Å². The maximum Gasteiger partial charge on any atom is 0.202 e. The molecule has 96 valence electrons. The lowest BCUT2D eigenvalue weighted by molar-refractivity contribution is 0.264. The van der Waals surface area contributed by atoms with Crippen LogP contribution in [0.5, 0.6) is 0 Å². The summed E-state index contributed by atoms with van der Waals surface area (Å²) in [4.78, 5) is 8.99. The fourth-order valence-electron chi connectivity index (χ4n) is 3.11. The molecule has 2 aromatic heterocycles. The van der Waals surface area contributed by atoms with Gasteiger partial charge >= 0.3 is 0 Å². The van der Waals surface area contributed by atoms with Gasteiger partial charge in [0.2, 0.25) is 5.95 Å². The Labute approximate surface area is 107 Å². The molecule has 4 heteroatoms. The minimum absolute atomic E-state index is 0.457. The molecular formula is C14H20N4. The molecule has 2 atom stereocenters. The number of nitrogen functional groups attached to an aromatic ring is 1. The number of hydrogen-bond donors (Lipinski definition) is 1. The number of nitrogens with zero attached hydrogens (tertiary/aromatic N) is 3. The highest BCUT2D eigenvalue weighted by atomic mass is 15.2. The van der Waals surface area contributed by atoms with Gasteiger partial charge < -0.3 is 5.73 Å². The first-order valence-corrected chi connectivity index (χ1v) is 6.77. The minimum Gasteiger partial charge on any atom is -0.369 e. The molecule has 0 aliphatic heterocycles. The zero-order chi connectivity index (χ0) is 12.7. The van der Waals surface area contributed by atoms with Crippen LogP contribution >= 0.6 is 0 Å². The van der Waals surface area contributed by atoms with Crippen molar-refractivity contribution in [1.82, 2.24) is 14.5 Å². The third-order valence-electron chi connectivity index (χ3n) is 4.09. The largest absolute Gasteiger partial charge is 0.369 e. The molecule has 0 saturated heterocycles. The molecule has 1 aliphatic rings. The third kappa shape index (κ3) is 1.76. The molecule has 2 heterocycles. The summed E-state index contributed by atoms with van der Waals surface area (Å²) < 4.78 is 2.15. The van der Waals surface area contributed by atoms with Crippen LogP contribution in [0.3, 0.4) is 0 Å². The Bertz CT molecular complexity index is 572. The Morgan fingerprint density at radius 1 is 1.33 bits per heavy atom. The molecule has 1 fully saturated rings. The van der Waals surface area contributed by atoms with Crippen molar-refractivity contribution < 1.29 is 0 Å². The van der Waals surface area contributed by atoms with Crippen molar-refractivity contribution in [1.29, 1.82) is 0 Å². The highest BCUT2D eigenvalue weighted by Crippen LogP contribution is 2.36. The molecule has 4 nitrogen and oxygen atoms in total. The molecule has 2 aromatic rings.